The maximum Gasteiger partial charge on any atom is 0.307 e. The molecule has 0 atom stereocenters. The summed E-state index contributed by atoms with van der Waals surface area (Å²) in [4.78, 5) is 26.0. The maximum absolute atomic E-state index is 12.2. The highest BCUT2D eigenvalue weighted by Crippen LogP contribution is 2.22. The van der Waals surface area contributed by atoms with Crippen LogP contribution in [0.3, 0.4) is 0 Å². The molecule has 0 spiro atoms. The molecule has 3 heterocycles. The predicted octanol–water partition coefficient (Wildman–Crippen LogP) is 5.02. The number of nitrogens with zero attached hydrogens (tertiary/aromatic N) is 2. The van der Waals surface area contributed by atoms with E-state index in [0.717, 1.165) is 9.75 Å². The van der Waals surface area contributed by atoms with Gasteiger partial charge in [0.25, 0.3) is 0 Å². The van der Waals surface area contributed by atoms with Gasteiger partial charge in [0.2, 0.25) is 0 Å². The van der Waals surface area contributed by atoms with Gasteiger partial charge in [0.1, 0.15) is 0 Å². The van der Waals surface area contributed by atoms with Crippen LogP contribution in [0.15, 0.2) is 51.0 Å². The van der Waals surface area contributed by atoms with Crippen molar-refractivity contribution in [1.29, 1.82) is 0 Å². The Morgan fingerprint density at radius 3 is 1.55 bits per heavy atom. The van der Waals surface area contributed by atoms with Gasteiger partial charge in [0.05, 0.1) is 29.9 Å². The second-order valence-electron chi connectivity index (χ2n) is 5.65. The number of amides is 2. The quantitative estimate of drug-likeness (QED) is 0.392. The van der Waals surface area contributed by atoms with Crippen LogP contribution in [0.4, 0.5) is 0 Å². The van der Waals surface area contributed by atoms with Gasteiger partial charge in [-0.15, -0.1) is 22.7 Å². The molecule has 0 saturated heterocycles. The van der Waals surface area contributed by atoms with E-state index < -0.39 is 11.8 Å². The molecule has 2 amide bonds. The summed E-state index contributed by atoms with van der Waals surface area (Å²) in [6, 6.07) is 9.87. The number of furan rings is 1. The zero-order valence-electron chi connectivity index (χ0n) is 15.2. The minimum absolute atomic E-state index is 0.0540. The van der Waals surface area contributed by atoms with Crippen LogP contribution in [-0.2, 0) is 0 Å². The number of nitrogens with one attached hydrogen (secondary N) is 2. The molecular weight excluding hydrogens is 455 g/mol. The van der Waals surface area contributed by atoms with Gasteiger partial charge in [0.15, 0.2) is 11.5 Å². The Morgan fingerprint density at radius 2 is 1.21 bits per heavy atom. The van der Waals surface area contributed by atoms with E-state index in [1.165, 1.54) is 34.8 Å². The highest BCUT2D eigenvalue weighted by molar-refractivity contribution is 7.18. The summed E-state index contributed by atoms with van der Waals surface area (Å²) in [6.45, 7) is 3.48. The van der Waals surface area contributed by atoms with Gasteiger partial charge < -0.3 is 4.42 Å². The molecule has 11 heteroatoms. The van der Waals surface area contributed by atoms with E-state index in [1.54, 1.807) is 38.1 Å². The number of rotatable bonds is 6. The van der Waals surface area contributed by atoms with E-state index in [9.17, 15) is 9.59 Å². The predicted molar refractivity (Wildman–Crippen MR) is 117 cm³/mol. The normalized spacial score (nSPS) is 12.1. The van der Waals surface area contributed by atoms with Crippen molar-refractivity contribution in [1.82, 2.24) is 10.9 Å². The lowest BCUT2D eigenvalue weighted by molar-refractivity contribution is 0.0902. The van der Waals surface area contributed by atoms with Gasteiger partial charge in [-0.25, -0.2) is 10.9 Å². The van der Waals surface area contributed by atoms with E-state index in [-0.39, 0.29) is 11.5 Å². The van der Waals surface area contributed by atoms with Crippen LogP contribution in [0.2, 0.25) is 8.67 Å². The van der Waals surface area contributed by atoms with Crippen molar-refractivity contribution in [3.8, 4) is 0 Å². The zero-order valence-corrected chi connectivity index (χ0v) is 18.3. The number of halogens is 2. The molecule has 29 heavy (non-hydrogen) atoms. The smallest absolute Gasteiger partial charge is 0.307 e. The molecule has 0 aliphatic rings. The Balaban J connectivity index is 1.60. The fourth-order valence-electron chi connectivity index (χ4n) is 2.09. The average molecular weight is 469 g/mol. The first kappa shape index (κ1) is 21.3. The molecule has 0 radical (unpaired) electrons. The second-order valence-corrected chi connectivity index (χ2v) is 9.08. The fourth-order valence-corrected chi connectivity index (χ4v) is 4.06. The molecule has 3 aromatic rings. The molecule has 0 unspecified atom stereocenters. The lowest BCUT2D eigenvalue weighted by Gasteiger charge is -2.00. The topological polar surface area (TPSA) is 96.1 Å². The molecule has 3 rings (SSSR count). The lowest BCUT2D eigenvalue weighted by Crippen LogP contribution is -2.20. The molecule has 7 nitrogen and oxygen atoms in total. The van der Waals surface area contributed by atoms with Crippen molar-refractivity contribution in [2.45, 2.75) is 13.8 Å². The maximum atomic E-state index is 12.2. The summed E-state index contributed by atoms with van der Waals surface area (Å²) in [5.41, 5.74) is 5.95. The van der Waals surface area contributed by atoms with Crippen LogP contribution in [0.5, 0.6) is 0 Å². The third-order valence-corrected chi connectivity index (χ3v) is 6.24. The van der Waals surface area contributed by atoms with E-state index in [1.807, 2.05) is 0 Å². The molecular formula is C18H14Cl2N4O3S2. The molecule has 2 N–H and O–H groups in total. The van der Waals surface area contributed by atoms with Gasteiger partial charge in [-0.05, 0) is 50.2 Å². The van der Waals surface area contributed by atoms with Gasteiger partial charge in [-0.2, -0.15) is 10.2 Å². The first-order chi connectivity index (χ1) is 13.8. The summed E-state index contributed by atoms with van der Waals surface area (Å²) >= 11 is 14.5. The van der Waals surface area contributed by atoms with E-state index in [4.69, 9.17) is 27.6 Å². The second kappa shape index (κ2) is 9.36. The number of carbonyl (C=O) groups excluding carboxylic acids is 2. The van der Waals surface area contributed by atoms with Gasteiger partial charge in [-0.1, -0.05) is 23.2 Å². The zero-order chi connectivity index (χ0) is 21.0. The molecule has 0 aliphatic heterocycles. The summed E-state index contributed by atoms with van der Waals surface area (Å²) in [5.74, 6) is -1.28. The summed E-state index contributed by atoms with van der Waals surface area (Å²) in [5, 5.41) is 8.02. The summed E-state index contributed by atoms with van der Waals surface area (Å²) in [7, 11) is 0. The summed E-state index contributed by atoms with van der Waals surface area (Å²) < 4.78 is 6.55. The Labute approximate surface area is 184 Å². The fraction of sp³-hybridized carbons (Fsp3) is 0.111. The van der Waals surface area contributed by atoms with E-state index >= 15 is 0 Å². The lowest BCUT2D eigenvalue weighted by atomic mass is 10.3. The van der Waals surface area contributed by atoms with Crippen LogP contribution >= 0.6 is 45.9 Å². The minimum atomic E-state index is -0.584. The number of thiophene rings is 2. The van der Waals surface area contributed by atoms with Crippen molar-refractivity contribution in [2.75, 3.05) is 0 Å². The van der Waals surface area contributed by atoms with Crippen molar-refractivity contribution in [2.24, 2.45) is 10.2 Å². The number of hydrogen-bond acceptors (Lipinski definition) is 7. The van der Waals surface area contributed by atoms with Gasteiger partial charge in [0, 0.05) is 0 Å². The molecule has 0 fully saturated rings. The third kappa shape index (κ3) is 5.54. The van der Waals surface area contributed by atoms with E-state index in [0.29, 0.717) is 20.1 Å². The Morgan fingerprint density at radius 1 is 0.793 bits per heavy atom. The molecule has 0 aliphatic carbocycles. The molecule has 0 bridgehead atoms. The van der Waals surface area contributed by atoms with Crippen molar-refractivity contribution < 1.29 is 14.0 Å². The Hall–Kier alpha value is -2.46. The Kier molecular flexibility index (Phi) is 6.86. The van der Waals surface area contributed by atoms with Crippen LogP contribution in [0, 0.1) is 0 Å². The van der Waals surface area contributed by atoms with E-state index in [2.05, 4.69) is 21.1 Å². The summed E-state index contributed by atoms with van der Waals surface area (Å²) in [6.07, 6.45) is 0. The number of hydrogen-bond donors (Lipinski definition) is 2. The van der Waals surface area contributed by atoms with Crippen LogP contribution < -0.4 is 10.9 Å². The largest absolute Gasteiger partial charge is 0.446 e. The number of hydrazone groups is 2. The molecule has 0 saturated carbocycles. The number of carbonyl (C=O) groups is 2. The highest BCUT2D eigenvalue weighted by Gasteiger charge is 2.16. The Bertz CT molecular complexity index is 1030. The standard InChI is InChI=1S/C18H14Cl2N4O3S2/c1-9(13-5-7-15(19)28-13)21-23-17(25)11-3-4-12(27-11)18(26)24-22-10(2)14-6-8-16(20)29-14/h3-8H,1-2H3,(H,23,25)(H,24,26). The third-order valence-electron chi connectivity index (χ3n) is 3.56. The van der Waals surface area contributed by atoms with Crippen LogP contribution in [0.1, 0.15) is 44.7 Å². The van der Waals surface area contributed by atoms with Gasteiger partial charge >= 0.3 is 11.8 Å². The SMILES string of the molecule is CC(=NNC(=O)c1ccc(C(=O)NN=C(C)c2ccc(Cl)s2)o1)c1ccc(Cl)s1. The van der Waals surface area contributed by atoms with Crippen molar-refractivity contribution in [3.05, 3.63) is 66.3 Å². The molecule has 150 valence electrons. The van der Waals surface area contributed by atoms with Crippen LogP contribution in [-0.4, -0.2) is 23.2 Å². The first-order valence-corrected chi connectivity index (χ1v) is 10.5. The molecule has 0 aromatic carbocycles. The van der Waals surface area contributed by atoms with Crippen molar-refractivity contribution >= 4 is 69.1 Å². The molecule has 3 aromatic heterocycles. The first-order valence-electron chi connectivity index (χ1n) is 8.14. The van der Waals surface area contributed by atoms with Crippen molar-refractivity contribution in [3.63, 3.8) is 0 Å². The van der Waals surface area contributed by atoms with Crippen LogP contribution in [0.25, 0.3) is 0 Å². The average Bonchev–Trinajstić information content (AvgIpc) is 3.44. The highest BCUT2D eigenvalue weighted by atomic mass is 35.5. The van der Waals surface area contributed by atoms with Gasteiger partial charge in [-0.3, -0.25) is 9.59 Å². The minimum Gasteiger partial charge on any atom is -0.446 e. The monoisotopic (exact) mass is 468 g/mol.